The molecule has 1 amide bonds. The molecule has 0 N–H and O–H groups in total. The van der Waals surface area contributed by atoms with Gasteiger partial charge in [-0.3, -0.25) is 14.2 Å². The molecule has 0 bridgehead atoms. The molecule has 0 radical (unpaired) electrons. The maximum absolute atomic E-state index is 13.3. The molecule has 4 rings (SSSR count). The zero-order chi connectivity index (χ0) is 21.3. The van der Waals surface area contributed by atoms with Gasteiger partial charge < -0.3 is 9.64 Å². The Bertz CT molecular complexity index is 1200. The zero-order valence-corrected chi connectivity index (χ0v) is 16.4. The molecule has 3 aromatic rings. The standard InChI is InChI=1S/C22H20FN3O4/c1-25(12-14-4-2-5-16(23)10-14)20(27)13-30-22(29)15-7-8-17-18(11-15)24-19-6-3-9-26(19)21(17)28/h2,4-5,7-8,10-11H,3,6,9,12-13H2,1H3. The van der Waals surface area contributed by atoms with Crippen LogP contribution in [0.1, 0.15) is 28.2 Å². The van der Waals surface area contributed by atoms with Crippen molar-refractivity contribution >= 4 is 22.8 Å². The van der Waals surface area contributed by atoms with Crippen molar-refractivity contribution in [2.45, 2.75) is 25.9 Å². The molecule has 1 aromatic heterocycles. The Kier molecular flexibility index (Phi) is 5.31. The van der Waals surface area contributed by atoms with Crippen molar-refractivity contribution in [2.75, 3.05) is 13.7 Å². The molecule has 8 heteroatoms. The molecule has 1 aliphatic rings. The topological polar surface area (TPSA) is 81.5 Å². The third-order valence-electron chi connectivity index (χ3n) is 5.11. The van der Waals surface area contributed by atoms with Gasteiger partial charge in [-0.05, 0) is 42.3 Å². The molecule has 1 aliphatic heterocycles. The largest absolute Gasteiger partial charge is 0.452 e. The van der Waals surface area contributed by atoms with Gasteiger partial charge in [-0.1, -0.05) is 12.1 Å². The van der Waals surface area contributed by atoms with Gasteiger partial charge in [-0.15, -0.1) is 0 Å². The molecule has 0 unspecified atom stereocenters. The third-order valence-corrected chi connectivity index (χ3v) is 5.11. The summed E-state index contributed by atoms with van der Waals surface area (Å²) in [5.74, 6) is -0.753. The van der Waals surface area contributed by atoms with Crippen LogP contribution < -0.4 is 5.56 Å². The Morgan fingerprint density at radius 3 is 2.87 bits per heavy atom. The van der Waals surface area contributed by atoms with Crippen LogP contribution in [0.25, 0.3) is 10.9 Å². The number of fused-ring (bicyclic) bond motifs is 2. The van der Waals surface area contributed by atoms with Crippen molar-refractivity contribution in [2.24, 2.45) is 0 Å². The van der Waals surface area contributed by atoms with Crippen molar-refractivity contribution in [1.29, 1.82) is 0 Å². The number of hydrogen-bond donors (Lipinski definition) is 0. The zero-order valence-electron chi connectivity index (χ0n) is 16.4. The number of aromatic nitrogens is 2. The van der Waals surface area contributed by atoms with Crippen LogP contribution in [0.15, 0.2) is 47.3 Å². The van der Waals surface area contributed by atoms with Gasteiger partial charge in [0.05, 0.1) is 16.5 Å². The SMILES string of the molecule is CN(Cc1cccc(F)c1)C(=O)COC(=O)c1ccc2c(=O)n3c(nc2c1)CCC3. The lowest BCUT2D eigenvalue weighted by atomic mass is 10.1. The van der Waals surface area contributed by atoms with Gasteiger partial charge in [0.15, 0.2) is 6.61 Å². The molecule has 154 valence electrons. The second-order valence-electron chi connectivity index (χ2n) is 7.28. The summed E-state index contributed by atoms with van der Waals surface area (Å²) in [7, 11) is 1.55. The summed E-state index contributed by atoms with van der Waals surface area (Å²) in [6, 6.07) is 10.5. The first-order valence-corrected chi connectivity index (χ1v) is 9.61. The molecule has 0 saturated heterocycles. The van der Waals surface area contributed by atoms with Crippen LogP contribution in [0.4, 0.5) is 4.39 Å². The van der Waals surface area contributed by atoms with Gasteiger partial charge in [0.1, 0.15) is 11.6 Å². The number of rotatable bonds is 5. The molecule has 0 aliphatic carbocycles. The first-order chi connectivity index (χ1) is 14.4. The second kappa shape index (κ2) is 8.06. The van der Waals surface area contributed by atoms with E-state index in [0.717, 1.165) is 12.8 Å². The molecular weight excluding hydrogens is 389 g/mol. The maximum Gasteiger partial charge on any atom is 0.338 e. The van der Waals surface area contributed by atoms with E-state index in [1.165, 1.54) is 29.2 Å². The molecular formula is C22H20FN3O4. The highest BCUT2D eigenvalue weighted by atomic mass is 19.1. The van der Waals surface area contributed by atoms with Crippen molar-refractivity contribution in [3.8, 4) is 0 Å². The van der Waals surface area contributed by atoms with Gasteiger partial charge in [0, 0.05) is 26.6 Å². The van der Waals surface area contributed by atoms with Crippen LogP contribution in [-0.2, 0) is 29.0 Å². The molecule has 0 fully saturated rings. The van der Waals surface area contributed by atoms with Crippen LogP contribution in [0.3, 0.4) is 0 Å². The number of hydrogen-bond acceptors (Lipinski definition) is 5. The van der Waals surface area contributed by atoms with E-state index < -0.39 is 18.5 Å². The number of aryl methyl sites for hydroxylation is 1. The highest BCUT2D eigenvalue weighted by Gasteiger charge is 2.18. The third kappa shape index (κ3) is 3.94. The number of carbonyl (C=O) groups is 2. The maximum atomic E-state index is 13.3. The summed E-state index contributed by atoms with van der Waals surface area (Å²) in [6.45, 7) is 0.415. The summed E-state index contributed by atoms with van der Waals surface area (Å²) in [4.78, 5) is 43.0. The lowest BCUT2D eigenvalue weighted by Crippen LogP contribution is -2.30. The van der Waals surface area contributed by atoms with Crippen LogP contribution in [0.2, 0.25) is 0 Å². The highest BCUT2D eigenvalue weighted by molar-refractivity contribution is 5.95. The lowest BCUT2D eigenvalue weighted by Gasteiger charge is -2.17. The minimum absolute atomic E-state index is 0.110. The number of esters is 1. The summed E-state index contributed by atoms with van der Waals surface area (Å²) in [6.07, 6.45) is 1.60. The fourth-order valence-corrected chi connectivity index (χ4v) is 3.53. The van der Waals surface area contributed by atoms with E-state index in [0.29, 0.717) is 28.8 Å². The lowest BCUT2D eigenvalue weighted by molar-refractivity contribution is -0.133. The van der Waals surface area contributed by atoms with E-state index in [9.17, 15) is 18.8 Å². The highest BCUT2D eigenvalue weighted by Crippen LogP contribution is 2.17. The predicted octanol–water partition coefficient (Wildman–Crippen LogP) is 2.30. The van der Waals surface area contributed by atoms with Crippen LogP contribution >= 0.6 is 0 Å². The predicted molar refractivity (Wildman–Crippen MR) is 107 cm³/mol. The van der Waals surface area contributed by atoms with Crippen LogP contribution in [0, 0.1) is 5.82 Å². The smallest absolute Gasteiger partial charge is 0.338 e. The van der Waals surface area contributed by atoms with E-state index in [1.54, 1.807) is 29.8 Å². The minimum atomic E-state index is -0.674. The molecule has 7 nitrogen and oxygen atoms in total. The Labute approximate surface area is 171 Å². The number of ether oxygens (including phenoxy) is 1. The van der Waals surface area contributed by atoms with Crippen molar-refractivity contribution < 1.29 is 18.7 Å². The number of halogens is 1. The molecule has 30 heavy (non-hydrogen) atoms. The number of amides is 1. The molecule has 0 atom stereocenters. The summed E-state index contributed by atoms with van der Waals surface area (Å²) >= 11 is 0. The van der Waals surface area contributed by atoms with E-state index in [-0.39, 0.29) is 23.5 Å². The Hall–Kier alpha value is -3.55. The summed E-state index contributed by atoms with van der Waals surface area (Å²) in [5, 5.41) is 0.447. The van der Waals surface area contributed by atoms with Gasteiger partial charge >= 0.3 is 5.97 Å². The molecule has 0 saturated carbocycles. The minimum Gasteiger partial charge on any atom is -0.452 e. The normalized spacial score (nSPS) is 12.6. The Balaban J connectivity index is 1.42. The average molecular weight is 409 g/mol. The second-order valence-corrected chi connectivity index (χ2v) is 7.28. The van der Waals surface area contributed by atoms with Crippen molar-refractivity contribution in [3.05, 3.63) is 75.6 Å². The average Bonchev–Trinajstić information content (AvgIpc) is 3.20. The molecule has 0 spiro atoms. The van der Waals surface area contributed by atoms with Crippen molar-refractivity contribution in [1.82, 2.24) is 14.5 Å². The fraction of sp³-hybridized carbons (Fsp3) is 0.273. The van der Waals surface area contributed by atoms with E-state index >= 15 is 0 Å². The summed E-state index contributed by atoms with van der Waals surface area (Å²) < 4.78 is 20.1. The van der Waals surface area contributed by atoms with E-state index in [1.807, 2.05) is 0 Å². The first-order valence-electron chi connectivity index (χ1n) is 9.61. The number of carbonyl (C=O) groups excluding carboxylic acids is 2. The Morgan fingerprint density at radius 1 is 1.23 bits per heavy atom. The monoisotopic (exact) mass is 409 g/mol. The van der Waals surface area contributed by atoms with Gasteiger partial charge in [0.25, 0.3) is 11.5 Å². The van der Waals surface area contributed by atoms with E-state index in [4.69, 9.17) is 4.74 Å². The van der Waals surface area contributed by atoms with Crippen LogP contribution in [0.5, 0.6) is 0 Å². The van der Waals surface area contributed by atoms with Gasteiger partial charge in [-0.2, -0.15) is 0 Å². The Morgan fingerprint density at radius 2 is 2.07 bits per heavy atom. The van der Waals surface area contributed by atoms with Gasteiger partial charge in [-0.25, -0.2) is 14.2 Å². The number of likely N-dealkylation sites (N-methyl/N-ethyl adjacent to an activating group) is 1. The van der Waals surface area contributed by atoms with Crippen molar-refractivity contribution in [3.63, 3.8) is 0 Å². The van der Waals surface area contributed by atoms with Gasteiger partial charge in [0.2, 0.25) is 0 Å². The first kappa shape index (κ1) is 19.8. The summed E-state index contributed by atoms with van der Waals surface area (Å²) in [5.41, 5.74) is 1.19. The van der Waals surface area contributed by atoms with Crippen LogP contribution in [-0.4, -0.2) is 40.0 Å². The number of benzene rings is 2. The fourth-order valence-electron chi connectivity index (χ4n) is 3.53. The number of nitrogens with zero attached hydrogens (tertiary/aromatic N) is 3. The quantitative estimate of drug-likeness (QED) is 0.604. The molecule has 2 heterocycles. The van der Waals surface area contributed by atoms with E-state index in [2.05, 4.69) is 4.98 Å². The molecule has 2 aromatic carbocycles.